The Labute approximate surface area is 124 Å². The van der Waals surface area contributed by atoms with Crippen LogP contribution in [0.5, 0.6) is 0 Å². The first kappa shape index (κ1) is 14.0. The SMILES string of the molecule is CC(C)c1cccc(NC2C3(C)CCC(C3)C2(C)C)c1. The molecule has 0 heterocycles. The molecule has 0 amide bonds. The van der Waals surface area contributed by atoms with Gasteiger partial charge in [-0.25, -0.2) is 0 Å². The van der Waals surface area contributed by atoms with Crippen molar-refractivity contribution in [2.75, 3.05) is 5.32 Å². The molecule has 1 aromatic carbocycles. The van der Waals surface area contributed by atoms with E-state index in [0.29, 0.717) is 22.8 Å². The highest BCUT2D eigenvalue weighted by molar-refractivity contribution is 5.48. The van der Waals surface area contributed by atoms with E-state index < -0.39 is 0 Å². The highest BCUT2D eigenvalue weighted by Gasteiger charge is 2.59. The van der Waals surface area contributed by atoms with E-state index in [1.54, 1.807) is 0 Å². The van der Waals surface area contributed by atoms with Gasteiger partial charge in [-0.15, -0.1) is 0 Å². The molecule has 2 bridgehead atoms. The number of rotatable bonds is 3. The number of anilines is 1. The highest BCUT2D eigenvalue weighted by Crippen LogP contribution is 2.63. The monoisotopic (exact) mass is 271 g/mol. The number of benzene rings is 1. The predicted octanol–water partition coefficient (Wildman–Crippen LogP) is 5.44. The summed E-state index contributed by atoms with van der Waals surface area (Å²) in [5.41, 5.74) is 3.65. The third kappa shape index (κ3) is 2.06. The van der Waals surface area contributed by atoms with Crippen molar-refractivity contribution in [3.05, 3.63) is 29.8 Å². The van der Waals surface area contributed by atoms with Gasteiger partial charge in [-0.1, -0.05) is 46.8 Å². The van der Waals surface area contributed by atoms with Gasteiger partial charge in [0.1, 0.15) is 0 Å². The van der Waals surface area contributed by atoms with Gasteiger partial charge in [-0.3, -0.25) is 0 Å². The quantitative estimate of drug-likeness (QED) is 0.772. The first-order valence-electron chi connectivity index (χ1n) is 8.19. The molecule has 0 saturated heterocycles. The Bertz CT molecular complexity index is 497. The molecular formula is C19H29N. The lowest BCUT2D eigenvalue weighted by Gasteiger charge is -2.43. The van der Waals surface area contributed by atoms with Gasteiger partial charge in [-0.2, -0.15) is 0 Å². The summed E-state index contributed by atoms with van der Waals surface area (Å²) >= 11 is 0. The highest BCUT2D eigenvalue weighted by atomic mass is 15.0. The van der Waals surface area contributed by atoms with E-state index in [9.17, 15) is 0 Å². The average molecular weight is 271 g/mol. The van der Waals surface area contributed by atoms with Gasteiger partial charge in [0.2, 0.25) is 0 Å². The van der Waals surface area contributed by atoms with Crippen LogP contribution in [-0.2, 0) is 0 Å². The normalized spacial score (nSPS) is 34.7. The molecule has 1 nitrogen and oxygen atoms in total. The Morgan fingerprint density at radius 1 is 1.20 bits per heavy atom. The van der Waals surface area contributed by atoms with Crippen molar-refractivity contribution in [1.29, 1.82) is 0 Å². The van der Waals surface area contributed by atoms with Crippen LogP contribution in [0.15, 0.2) is 24.3 Å². The van der Waals surface area contributed by atoms with Crippen molar-refractivity contribution in [3.8, 4) is 0 Å². The maximum Gasteiger partial charge on any atom is 0.0368 e. The zero-order valence-electron chi connectivity index (χ0n) is 13.7. The average Bonchev–Trinajstić information content (AvgIpc) is 2.86. The van der Waals surface area contributed by atoms with Crippen molar-refractivity contribution < 1.29 is 0 Å². The second kappa shape index (κ2) is 4.51. The molecule has 3 rings (SSSR count). The first-order valence-corrected chi connectivity index (χ1v) is 8.19. The second-order valence-corrected chi connectivity index (χ2v) is 8.27. The van der Waals surface area contributed by atoms with E-state index in [-0.39, 0.29) is 0 Å². The van der Waals surface area contributed by atoms with Crippen LogP contribution in [0.1, 0.15) is 65.4 Å². The van der Waals surface area contributed by atoms with E-state index in [1.165, 1.54) is 30.5 Å². The topological polar surface area (TPSA) is 12.0 Å². The van der Waals surface area contributed by atoms with Crippen LogP contribution in [0.25, 0.3) is 0 Å². The summed E-state index contributed by atoms with van der Waals surface area (Å²) in [5.74, 6) is 1.50. The van der Waals surface area contributed by atoms with Gasteiger partial charge in [0.05, 0.1) is 0 Å². The summed E-state index contributed by atoms with van der Waals surface area (Å²) in [5, 5.41) is 3.90. The molecule has 2 aliphatic rings. The Hall–Kier alpha value is -0.980. The molecule has 110 valence electrons. The molecule has 1 aromatic rings. The maximum atomic E-state index is 3.90. The predicted molar refractivity (Wildman–Crippen MR) is 87.2 cm³/mol. The summed E-state index contributed by atoms with van der Waals surface area (Å²) in [6.45, 7) is 12.0. The van der Waals surface area contributed by atoms with E-state index in [2.05, 4.69) is 64.2 Å². The maximum absolute atomic E-state index is 3.90. The van der Waals surface area contributed by atoms with Gasteiger partial charge in [0, 0.05) is 11.7 Å². The van der Waals surface area contributed by atoms with E-state index >= 15 is 0 Å². The van der Waals surface area contributed by atoms with E-state index in [1.807, 2.05) is 0 Å². The van der Waals surface area contributed by atoms with Crippen molar-refractivity contribution in [3.63, 3.8) is 0 Å². The van der Waals surface area contributed by atoms with Crippen LogP contribution in [0, 0.1) is 16.7 Å². The summed E-state index contributed by atoms with van der Waals surface area (Å²) in [6.07, 6.45) is 4.22. The molecule has 3 atom stereocenters. The first-order chi connectivity index (χ1) is 9.33. The molecule has 1 heteroatoms. The lowest BCUT2D eigenvalue weighted by Crippen LogP contribution is -2.45. The summed E-state index contributed by atoms with van der Waals surface area (Å²) in [7, 11) is 0. The molecule has 0 spiro atoms. The zero-order valence-corrected chi connectivity index (χ0v) is 13.7. The second-order valence-electron chi connectivity index (χ2n) is 8.27. The Kier molecular flexibility index (Phi) is 3.15. The van der Waals surface area contributed by atoms with Gasteiger partial charge < -0.3 is 5.32 Å². The fourth-order valence-corrected chi connectivity index (χ4v) is 4.82. The van der Waals surface area contributed by atoms with E-state index in [0.717, 1.165) is 5.92 Å². The number of fused-ring (bicyclic) bond motifs is 2. The van der Waals surface area contributed by atoms with Crippen LogP contribution in [0.2, 0.25) is 0 Å². The number of hydrogen-bond acceptors (Lipinski definition) is 1. The summed E-state index contributed by atoms with van der Waals surface area (Å²) in [6, 6.07) is 9.62. The minimum absolute atomic E-state index is 0.417. The van der Waals surface area contributed by atoms with Gasteiger partial charge >= 0.3 is 0 Å². The molecule has 2 saturated carbocycles. The molecule has 0 aromatic heterocycles. The smallest absolute Gasteiger partial charge is 0.0368 e. The van der Waals surface area contributed by atoms with Gasteiger partial charge in [0.25, 0.3) is 0 Å². The van der Waals surface area contributed by atoms with Crippen LogP contribution in [0.4, 0.5) is 5.69 Å². The van der Waals surface area contributed by atoms with Crippen LogP contribution in [-0.4, -0.2) is 6.04 Å². The molecule has 0 aliphatic heterocycles. The van der Waals surface area contributed by atoms with Crippen LogP contribution < -0.4 is 5.32 Å². The largest absolute Gasteiger partial charge is 0.381 e. The van der Waals surface area contributed by atoms with Crippen molar-refractivity contribution in [2.24, 2.45) is 16.7 Å². The molecular weight excluding hydrogens is 242 g/mol. The molecule has 1 N–H and O–H groups in total. The van der Waals surface area contributed by atoms with E-state index in [4.69, 9.17) is 0 Å². The van der Waals surface area contributed by atoms with Gasteiger partial charge in [0.15, 0.2) is 0 Å². The third-order valence-electron chi connectivity index (χ3n) is 6.13. The van der Waals surface area contributed by atoms with Crippen molar-refractivity contribution >= 4 is 5.69 Å². The van der Waals surface area contributed by atoms with Crippen molar-refractivity contribution in [1.82, 2.24) is 0 Å². The van der Waals surface area contributed by atoms with Crippen LogP contribution >= 0.6 is 0 Å². The summed E-state index contributed by atoms with van der Waals surface area (Å²) in [4.78, 5) is 0. The molecule has 20 heavy (non-hydrogen) atoms. The molecule has 3 unspecified atom stereocenters. The van der Waals surface area contributed by atoms with Crippen molar-refractivity contribution in [2.45, 2.75) is 65.8 Å². The minimum Gasteiger partial charge on any atom is -0.381 e. The Morgan fingerprint density at radius 3 is 2.55 bits per heavy atom. The molecule has 2 fully saturated rings. The Balaban J connectivity index is 1.86. The third-order valence-corrected chi connectivity index (χ3v) is 6.13. The minimum atomic E-state index is 0.417. The fourth-order valence-electron chi connectivity index (χ4n) is 4.82. The zero-order chi connectivity index (χ0) is 14.5. The lowest BCUT2D eigenvalue weighted by molar-refractivity contribution is 0.155. The summed E-state index contributed by atoms with van der Waals surface area (Å²) < 4.78 is 0. The standard InChI is InChI=1S/C19H29N/c1-13(2)14-7-6-8-16(11-14)20-17-18(3,4)15-9-10-19(17,5)12-15/h6-8,11,13,15,17,20H,9-10,12H2,1-5H3. The Morgan fingerprint density at radius 2 is 1.95 bits per heavy atom. The van der Waals surface area contributed by atoms with Crippen LogP contribution in [0.3, 0.4) is 0 Å². The van der Waals surface area contributed by atoms with Gasteiger partial charge in [-0.05, 0) is 59.6 Å². The fraction of sp³-hybridized carbons (Fsp3) is 0.684. The number of hydrogen-bond donors (Lipinski definition) is 1. The number of nitrogens with one attached hydrogen (secondary N) is 1. The molecule has 2 aliphatic carbocycles. The molecule has 0 radical (unpaired) electrons. The lowest BCUT2D eigenvalue weighted by atomic mass is 9.68.